The first kappa shape index (κ1) is 9.88. The SMILES string of the molecule is Cc1noc2c(C)nc(C(F)(F)F)nc12. The van der Waals surface area contributed by atoms with Crippen molar-refractivity contribution < 1.29 is 17.7 Å². The molecule has 0 saturated heterocycles. The van der Waals surface area contributed by atoms with Crippen molar-refractivity contribution in [2.45, 2.75) is 20.0 Å². The van der Waals surface area contributed by atoms with Crippen LogP contribution in [0.5, 0.6) is 0 Å². The Morgan fingerprint density at radius 3 is 2.33 bits per heavy atom. The second-order valence-corrected chi connectivity index (χ2v) is 3.08. The predicted molar refractivity (Wildman–Crippen MR) is 44.1 cm³/mol. The summed E-state index contributed by atoms with van der Waals surface area (Å²) in [5, 5.41) is 3.53. The van der Waals surface area contributed by atoms with E-state index in [4.69, 9.17) is 4.52 Å². The number of fused-ring (bicyclic) bond motifs is 1. The van der Waals surface area contributed by atoms with Crippen LogP contribution in [0.2, 0.25) is 0 Å². The van der Waals surface area contributed by atoms with E-state index in [0.717, 1.165) is 0 Å². The Balaban J connectivity index is 2.76. The van der Waals surface area contributed by atoms with Gasteiger partial charge < -0.3 is 4.52 Å². The number of alkyl halides is 3. The standard InChI is InChI=1S/C8H6F3N3O/c1-3-5-6(15-14-3)4(2)12-7(13-5)8(9,10)11/h1-2H3. The van der Waals surface area contributed by atoms with E-state index in [1.165, 1.54) is 13.8 Å². The Morgan fingerprint density at radius 2 is 1.73 bits per heavy atom. The summed E-state index contributed by atoms with van der Waals surface area (Å²) in [5.74, 6) is -1.17. The molecule has 0 radical (unpaired) electrons. The monoisotopic (exact) mass is 217 g/mol. The van der Waals surface area contributed by atoms with Gasteiger partial charge in [0.05, 0.1) is 5.69 Å². The van der Waals surface area contributed by atoms with Gasteiger partial charge in [-0.15, -0.1) is 0 Å². The molecule has 80 valence electrons. The van der Waals surface area contributed by atoms with Crippen LogP contribution in [0.1, 0.15) is 17.2 Å². The zero-order valence-electron chi connectivity index (χ0n) is 7.88. The molecular weight excluding hydrogens is 211 g/mol. The van der Waals surface area contributed by atoms with Gasteiger partial charge in [0, 0.05) is 0 Å². The number of halogens is 3. The highest BCUT2D eigenvalue weighted by Crippen LogP contribution is 2.28. The van der Waals surface area contributed by atoms with Crippen LogP contribution in [0.3, 0.4) is 0 Å². The molecule has 4 nitrogen and oxygen atoms in total. The van der Waals surface area contributed by atoms with Crippen LogP contribution in [-0.2, 0) is 6.18 Å². The van der Waals surface area contributed by atoms with Gasteiger partial charge in [-0.1, -0.05) is 5.16 Å². The molecule has 0 aliphatic rings. The summed E-state index contributed by atoms with van der Waals surface area (Å²) < 4.78 is 41.9. The second kappa shape index (κ2) is 2.91. The molecule has 2 rings (SSSR count). The Labute approximate surface area is 82.1 Å². The first-order valence-electron chi connectivity index (χ1n) is 4.07. The minimum absolute atomic E-state index is 0.106. The zero-order valence-corrected chi connectivity index (χ0v) is 7.88. The number of nitrogens with zero attached hydrogens (tertiary/aromatic N) is 3. The molecule has 0 fully saturated rings. The molecule has 0 aromatic carbocycles. The van der Waals surface area contributed by atoms with Crippen LogP contribution in [0.25, 0.3) is 11.1 Å². The summed E-state index contributed by atoms with van der Waals surface area (Å²) in [5.41, 5.74) is 0.754. The van der Waals surface area contributed by atoms with E-state index in [9.17, 15) is 13.2 Å². The maximum absolute atomic E-state index is 12.4. The summed E-state index contributed by atoms with van der Waals surface area (Å²) >= 11 is 0. The van der Waals surface area contributed by atoms with E-state index in [-0.39, 0.29) is 16.8 Å². The van der Waals surface area contributed by atoms with Crippen LogP contribution in [0.4, 0.5) is 13.2 Å². The third-order valence-corrected chi connectivity index (χ3v) is 1.91. The third kappa shape index (κ3) is 1.53. The lowest BCUT2D eigenvalue weighted by Crippen LogP contribution is -2.11. The van der Waals surface area contributed by atoms with Crippen LogP contribution in [0, 0.1) is 13.8 Å². The van der Waals surface area contributed by atoms with Gasteiger partial charge in [0.25, 0.3) is 0 Å². The quantitative estimate of drug-likeness (QED) is 0.679. The molecule has 2 aromatic heterocycles. The van der Waals surface area contributed by atoms with Crippen molar-refractivity contribution in [3.05, 3.63) is 17.2 Å². The summed E-state index contributed by atoms with van der Waals surface area (Å²) in [6, 6.07) is 0. The number of hydrogen-bond acceptors (Lipinski definition) is 4. The topological polar surface area (TPSA) is 51.8 Å². The van der Waals surface area contributed by atoms with Gasteiger partial charge in [-0.2, -0.15) is 13.2 Å². The first-order valence-corrected chi connectivity index (χ1v) is 4.07. The van der Waals surface area contributed by atoms with Crippen LogP contribution in [0.15, 0.2) is 4.52 Å². The summed E-state index contributed by atoms with van der Waals surface area (Å²) in [6.07, 6.45) is -4.55. The summed E-state index contributed by atoms with van der Waals surface area (Å²) in [4.78, 5) is 6.69. The maximum atomic E-state index is 12.4. The van der Waals surface area contributed by atoms with Crippen LogP contribution >= 0.6 is 0 Å². The van der Waals surface area contributed by atoms with E-state index in [0.29, 0.717) is 5.69 Å². The molecule has 0 spiro atoms. The second-order valence-electron chi connectivity index (χ2n) is 3.08. The van der Waals surface area contributed by atoms with E-state index in [2.05, 4.69) is 15.1 Å². The number of aryl methyl sites for hydroxylation is 2. The lowest BCUT2D eigenvalue weighted by atomic mass is 10.3. The van der Waals surface area contributed by atoms with E-state index in [1.807, 2.05) is 0 Å². The predicted octanol–water partition coefficient (Wildman–Crippen LogP) is 2.25. The molecule has 0 amide bonds. The van der Waals surface area contributed by atoms with Crippen molar-refractivity contribution in [3.8, 4) is 0 Å². The number of rotatable bonds is 0. The fourth-order valence-electron chi connectivity index (χ4n) is 1.20. The highest BCUT2D eigenvalue weighted by atomic mass is 19.4. The highest BCUT2D eigenvalue weighted by Gasteiger charge is 2.35. The number of aromatic nitrogens is 3. The fourth-order valence-corrected chi connectivity index (χ4v) is 1.20. The largest absolute Gasteiger partial charge is 0.451 e. The van der Waals surface area contributed by atoms with E-state index in [1.54, 1.807) is 0 Å². The van der Waals surface area contributed by atoms with Gasteiger partial charge in [-0.3, -0.25) is 0 Å². The molecule has 0 N–H and O–H groups in total. The molecule has 0 bridgehead atoms. The molecule has 15 heavy (non-hydrogen) atoms. The zero-order chi connectivity index (χ0) is 11.2. The van der Waals surface area contributed by atoms with E-state index < -0.39 is 12.0 Å². The molecule has 7 heteroatoms. The summed E-state index contributed by atoms with van der Waals surface area (Å²) in [7, 11) is 0. The molecule has 0 saturated carbocycles. The van der Waals surface area contributed by atoms with Crippen molar-refractivity contribution in [3.63, 3.8) is 0 Å². The minimum atomic E-state index is -4.55. The molecule has 0 atom stereocenters. The van der Waals surface area contributed by atoms with Gasteiger partial charge in [0.1, 0.15) is 11.2 Å². The Kier molecular flexibility index (Phi) is 1.92. The normalized spacial score (nSPS) is 12.3. The van der Waals surface area contributed by atoms with Crippen molar-refractivity contribution in [1.82, 2.24) is 15.1 Å². The summed E-state index contributed by atoms with van der Waals surface area (Å²) in [6.45, 7) is 2.95. The smallest absolute Gasteiger partial charge is 0.352 e. The van der Waals surface area contributed by atoms with Crippen molar-refractivity contribution in [2.75, 3.05) is 0 Å². The van der Waals surface area contributed by atoms with Gasteiger partial charge in [0.2, 0.25) is 11.4 Å². The van der Waals surface area contributed by atoms with E-state index >= 15 is 0 Å². The highest BCUT2D eigenvalue weighted by molar-refractivity contribution is 5.76. The Bertz CT molecular complexity index is 518. The van der Waals surface area contributed by atoms with Gasteiger partial charge >= 0.3 is 6.18 Å². The molecule has 0 aliphatic heterocycles. The van der Waals surface area contributed by atoms with Crippen LogP contribution in [-0.4, -0.2) is 15.1 Å². The molecule has 0 unspecified atom stereocenters. The van der Waals surface area contributed by atoms with Gasteiger partial charge in [-0.05, 0) is 13.8 Å². The average Bonchev–Trinajstić information content (AvgIpc) is 2.47. The third-order valence-electron chi connectivity index (χ3n) is 1.91. The first-order chi connectivity index (χ1) is 6.89. The molecular formula is C8H6F3N3O. The maximum Gasteiger partial charge on any atom is 0.451 e. The molecule has 0 aliphatic carbocycles. The average molecular weight is 217 g/mol. The fraction of sp³-hybridized carbons (Fsp3) is 0.375. The van der Waals surface area contributed by atoms with Crippen LogP contribution < -0.4 is 0 Å². The van der Waals surface area contributed by atoms with Crippen molar-refractivity contribution in [1.29, 1.82) is 0 Å². The van der Waals surface area contributed by atoms with Gasteiger partial charge in [0.15, 0.2) is 0 Å². The molecule has 2 aromatic rings. The lowest BCUT2D eigenvalue weighted by molar-refractivity contribution is -0.144. The van der Waals surface area contributed by atoms with Crippen molar-refractivity contribution in [2.24, 2.45) is 0 Å². The van der Waals surface area contributed by atoms with Crippen molar-refractivity contribution >= 4 is 11.1 Å². The number of hydrogen-bond donors (Lipinski definition) is 0. The molecule has 2 heterocycles. The lowest BCUT2D eigenvalue weighted by Gasteiger charge is -2.04. The Morgan fingerprint density at radius 1 is 1.07 bits per heavy atom. The van der Waals surface area contributed by atoms with Gasteiger partial charge in [-0.25, -0.2) is 9.97 Å². The Hall–Kier alpha value is -1.66. The minimum Gasteiger partial charge on any atom is -0.352 e.